The van der Waals surface area contributed by atoms with Crippen LogP contribution in [0.2, 0.25) is 0 Å². The molecule has 1 saturated carbocycles. The van der Waals surface area contributed by atoms with Crippen molar-refractivity contribution in [3.63, 3.8) is 0 Å². The minimum atomic E-state index is -3.28. The monoisotopic (exact) mass is 268 g/mol. The minimum absolute atomic E-state index is 0.0429. The summed E-state index contributed by atoms with van der Waals surface area (Å²) in [5.41, 5.74) is 6.51. The van der Waals surface area contributed by atoms with Gasteiger partial charge in [0, 0.05) is 19.6 Å². The Morgan fingerprint density at radius 1 is 1.33 bits per heavy atom. The average molecular weight is 268 g/mol. The zero-order chi connectivity index (χ0) is 13.2. The number of likely N-dealkylation sites (N-methyl/N-ethyl adjacent to an activating group) is 1. The highest BCUT2D eigenvalue weighted by Gasteiger charge is 2.37. The first-order chi connectivity index (χ1) is 8.54. The molecule has 0 aliphatic heterocycles. The van der Waals surface area contributed by atoms with Crippen LogP contribution in [-0.4, -0.2) is 32.4 Å². The van der Waals surface area contributed by atoms with Crippen molar-refractivity contribution < 1.29 is 8.42 Å². The molecule has 0 amide bonds. The van der Waals surface area contributed by atoms with Crippen LogP contribution in [0.1, 0.15) is 18.4 Å². The van der Waals surface area contributed by atoms with Crippen LogP contribution in [0, 0.1) is 5.92 Å². The zero-order valence-electron chi connectivity index (χ0n) is 10.6. The standard InChI is InChI=1S/C13H20N2O2S/c1-15(13(9-14)12-7-8-12)18(16,17)10-11-5-3-2-4-6-11/h2-6,12-13H,7-10,14H2,1H3. The Morgan fingerprint density at radius 3 is 2.44 bits per heavy atom. The van der Waals surface area contributed by atoms with Gasteiger partial charge in [0.2, 0.25) is 10.0 Å². The highest BCUT2D eigenvalue weighted by Crippen LogP contribution is 2.35. The topological polar surface area (TPSA) is 63.4 Å². The predicted octanol–water partition coefficient (Wildman–Crippen LogP) is 1.19. The summed E-state index contributed by atoms with van der Waals surface area (Å²) in [5, 5.41) is 0. The maximum Gasteiger partial charge on any atom is 0.218 e. The first kappa shape index (κ1) is 13.5. The molecule has 1 unspecified atom stereocenters. The van der Waals surface area contributed by atoms with Gasteiger partial charge in [0.25, 0.3) is 0 Å². The number of sulfonamides is 1. The number of hydrogen-bond acceptors (Lipinski definition) is 3. The maximum atomic E-state index is 12.3. The van der Waals surface area contributed by atoms with Gasteiger partial charge in [-0.2, -0.15) is 0 Å². The molecule has 2 N–H and O–H groups in total. The molecule has 0 radical (unpaired) electrons. The second kappa shape index (κ2) is 5.38. The van der Waals surface area contributed by atoms with Crippen LogP contribution in [0.5, 0.6) is 0 Å². The van der Waals surface area contributed by atoms with Gasteiger partial charge >= 0.3 is 0 Å². The van der Waals surface area contributed by atoms with Crippen molar-refractivity contribution in [3.8, 4) is 0 Å². The van der Waals surface area contributed by atoms with Gasteiger partial charge in [0.15, 0.2) is 0 Å². The normalized spacial score (nSPS) is 17.9. The van der Waals surface area contributed by atoms with Crippen molar-refractivity contribution in [2.75, 3.05) is 13.6 Å². The van der Waals surface area contributed by atoms with E-state index in [1.54, 1.807) is 7.05 Å². The molecule has 5 heteroatoms. The molecule has 0 spiro atoms. The number of nitrogens with zero attached hydrogens (tertiary/aromatic N) is 1. The third-order valence-electron chi connectivity index (χ3n) is 3.51. The summed E-state index contributed by atoms with van der Waals surface area (Å²) in [6.45, 7) is 0.398. The van der Waals surface area contributed by atoms with Gasteiger partial charge in [-0.15, -0.1) is 0 Å². The number of benzene rings is 1. The van der Waals surface area contributed by atoms with E-state index in [1.807, 2.05) is 30.3 Å². The molecule has 18 heavy (non-hydrogen) atoms. The minimum Gasteiger partial charge on any atom is -0.329 e. The van der Waals surface area contributed by atoms with Crippen LogP contribution in [0.25, 0.3) is 0 Å². The van der Waals surface area contributed by atoms with E-state index in [0.717, 1.165) is 18.4 Å². The molecule has 1 fully saturated rings. The Balaban J connectivity index is 2.10. The third kappa shape index (κ3) is 3.10. The molecule has 1 aliphatic carbocycles. The lowest BCUT2D eigenvalue weighted by atomic mass is 10.2. The van der Waals surface area contributed by atoms with Gasteiger partial charge < -0.3 is 5.73 Å². The largest absolute Gasteiger partial charge is 0.329 e. The van der Waals surface area contributed by atoms with E-state index in [9.17, 15) is 8.42 Å². The quantitative estimate of drug-likeness (QED) is 0.843. The molecule has 0 saturated heterocycles. The van der Waals surface area contributed by atoms with Gasteiger partial charge in [0.1, 0.15) is 0 Å². The molecular formula is C13H20N2O2S. The first-order valence-corrected chi connectivity index (χ1v) is 7.85. The van der Waals surface area contributed by atoms with E-state index in [2.05, 4.69) is 0 Å². The highest BCUT2D eigenvalue weighted by molar-refractivity contribution is 7.88. The Kier molecular flexibility index (Phi) is 4.04. The molecule has 1 aromatic rings. The molecule has 1 aromatic carbocycles. The lowest BCUT2D eigenvalue weighted by Gasteiger charge is -2.26. The van der Waals surface area contributed by atoms with Gasteiger partial charge in [-0.1, -0.05) is 30.3 Å². The fraction of sp³-hybridized carbons (Fsp3) is 0.538. The smallest absolute Gasteiger partial charge is 0.218 e. The van der Waals surface area contributed by atoms with Crippen LogP contribution < -0.4 is 5.73 Å². The van der Waals surface area contributed by atoms with Crippen LogP contribution in [0.4, 0.5) is 0 Å². The van der Waals surface area contributed by atoms with Gasteiger partial charge in [0.05, 0.1) is 5.75 Å². The molecule has 100 valence electrons. The van der Waals surface area contributed by atoms with Crippen molar-refractivity contribution in [1.82, 2.24) is 4.31 Å². The summed E-state index contributed by atoms with van der Waals surface area (Å²) in [7, 11) is -1.63. The fourth-order valence-electron chi connectivity index (χ4n) is 2.21. The van der Waals surface area contributed by atoms with Gasteiger partial charge in [-0.05, 0) is 24.3 Å². The van der Waals surface area contributed by atoms with Crippen LogP contribution >= 0.6 is 0 Å². The number of nitrogens with two attached hydrogens (primary N) is 1. The van der Waals surface area contributed by atoms with Crippen molar-refractivity contribution in [2.45, 2.75) is 24.6 Å². The average Bonchev–Trinajstić information content (AvgIpc) is 3.15. The molecule has 1 atom stereocenters. The van der Waals surface area contributed by atoms with E-state index < -0.39 is 10.0 Å². The molecule has 0 heterocycles. The second-order valence-electron chi connectivity index (χ2n) is 4.90. The Hall–Kier alpha value is -0.910. The van der Waals surface area contributed by atoms with Crippen molar-refractivity contribution >= 4 is 10.0 Å². The highest BCUT2D eigenvalue weighted by atomic mass is 32.2. The fourth-order valence-corrected chi connectivity index (χ4v) is 3.70. The summed E-state index contributed by atoms with van der Waals surface area (Å²) in [4.78, 5) is 0. The lowest BCUT2D eigenvalue weighted by molar-refractivity contribution is 0.340. The summed E-state index contributed by atoms with van der Waals surface area (Å²) >= 11 is 0. The van der Waals surface area contributed by atoms with Crippen LogP contribution in [0.15, 0.2) is 30.3 Å². The predicted molar refractivity (Wildman–Crippen MR) is 72.4 cm³/mol. The molecule has 0 aromatic heterocycles. The molecule has 0 bridgehead atoms. The summed E-state index contributed by atoms with van der Waals surface area (Å²) in [6.07, 6.45) is 2.18. The SMILES string of the molecule is CN(C(CN)C1CC1)S(=O)(=O)Cc1ccccc1. The summed E-state index contributed by atoms with van der Waals surface area (Å²) < 4.78 is 26.1. The van der Waals surface area contributed by atoms with Crippen molar-refractivity contribution in [3.05, 3.63) is 35.9 Å². The Labute approximate surface area is 109 Å². The summed E-state index contributed by atoms with van der Waals surface area (Å²) in [5.74, 6) is 0.499. The van der Waals surface area contributed by atoms with E-state index in [1.165, 1.54) is 4.31 Å². The zero-order valence-corrected chi connectivity index (χ0v) is 11.4. The van der Waals surface area contributed by atoms with Crippen LogP contribution in [-0.2, 0) is 15.8 Å². The van der Waals surface area contributed by atoms with Crippen molar-refractivity contribution in [2.24, 2.45) is 11.7 Å². The molecule has 1 aliphatic rings. The van der Waals surface area contributed by atoms with Gasteiger partial charge in [-0.25, -0.2) is 12.7 Å². The Morgan fingerprint density at radius 2 is 1.94 bits per heavy atom. The van der Waals surface area contributed by atoms with E-state index in [4.69, 9.17) is 5.73 Å². The van der Waals surface area contributed by atoms with E-state index >= 15 is 0 Å². The van der Waals surface area contributed by atoms with Crippen LogP contribution in [0.3, 0.4) is 0 Å². The number of rotatable bonds is 6. The maximum absolute atomic E-state index is 12.3. The second-order valence-corrected chi connectivity index (χ2v) is 6.93. The third-order valence-corrected chi connectivity index (χ3v) is 5.35. The van der Waals surface area contributed by atoms with E-state index in [-0.39, 0.29) is 11.8 Å². The lowest BCUT2D eigenvalue weighted by Crippen LogP contribution is -2.43. The first-order valence-electron chi connectivity index (χ1n) is 6.24. The molecular weight excluding hydrogens is 248 g/mol. The molecule has 2 rings (SSSR count). The number of hydrogen-bond donors (Lipinski definition) is 1. The molecule has 4 nitrogen and oxygen atoms in total. The van der Waals surface area contributed by atoms with E-state index in [0.29, 0.717) is 12.5 Å². The van der Waals surface area contributed by atoms with Gasteiger partial charge in [-0.3, -0.25) is 0 Å². The summed E-state index contributed by atoms with van der Waals surface area (Å²) in [6, 6.07) is 9.21. The van der Waals surface area contributed by atoms with Crippen molar-refractivity contribution in [1.29, 1.82) is 0 Å². The Bertz CT molecular complexity index is 483.